The number of hydrogen-bond donors (Lipinski definition) is 2. The van der Waals surface area contributed by atoms with Crippen molar-refractivity contribution in [3.05, 3.63) is 39.9 Å². The average Bonchev–Trinajstić information content (AvgIpc) is 2.25. The van der Waals surface area contributed by atoms with Crippen molar-refractivity contribution in [3.8, 4) is 0 Å². The average molecular weight is 239 g/mol. The van der Waals surface area contributed by atoms with E-state index in [-0.39, 0.29) is 12.1 Å². The van der Waals surface area contributed by atoms with Crippen molar-refractivity contribution >= 4 is 17.6 Å². The lowest BCUT2D eigenvalue weighted by Gasteiger charge is -2.06. The second-order valence-electron chi connectivity index (χ2n) is 3.36. The molecule has 0 unspecified atom stereocenters. The van der Waals surface area contributed by atoms with Crippen LogP contribution in [0, 0.1) is 16.0 Å². The molecule has 90 valence electrons. The summed E-state index contributed by atoms with van der Waals surface area (Å²) in [5.74, 6) is -4.54. The summed E-state index contributed by atoms with van der Waals surface area (Å²) in [6, 6.07) is 5.25. The van der Waals surface area contributed by atoms with E-state index < -0.39 is 22.8 Å². The first-order valence-corrected chi connectivity index (χ1v) is 4.60. The molecule has 0 amide bonds. The lowest BCUT2D eigenvalue weighted by atomic mass is 9.99. The maximum atomic E-state index is 10.6. The number of rotatable bonds is 5. The summed E-state index contributed by atoms with van der Waals surface area (Å²) >= 11 is 0. The third-order valence-electron chi connectivity index (χ3n) is 2.16. The number of benzene rings is 1. The first-order valence-electron chi connectivity index (χ1n) is 4.60. The molecule has 1 aromatic carbocycles. The van der Waals surface area contributed by atoms with E-state index in [1.54, 1.807) is 0 Å². The van der Waals surface area contributed by atoms with Gasteiger partial charge >= 0.3 is 11.9 Å². The number of carboxylic acid groups (broad SMARTS) is 2. The van der Waals surface area contributed by atoms with Gasteiger partial charge in [0.05, 0.1) is 4.92 Å². The Labute approximate surface area is 95.5 Å². The summed E-state index contributed by atoms with van der Waals surface area (Å²) in [5, 5.41) is 27.8. The Balaban J connectivity index is 2.94. The lowest BCUT2D eigenvalue weighted by molar-refractivity contribution is -0.384. The first kappa shape index (κ1) is 12.6. The van der Waals surface area contributed by atoms with Crippen molar-refractivity contribution in [2.24, 2.45) is 5.92 Å². The minimum absolute atomic E-state index is 0.197. The minimum Gasteiger partial charge on any atom is -0.481 e. The molecule has 0 aliphatic heterocycles. The number of carbonyl (C=O) groups is 2. The van der Waals surface area contributed by atoms with Crippen molar-refractivity contribution in [2.45, 2.75) is 6.42 Å². The molecule has 0 fully saturated rings. The van der Waals surface area contributed by atoms with Crippen molar-refractivity contribution in [3.63, 3.8) is 0 Å². The van der Waals surface area contributed by atoms with Crippen molar-refractivity contribution in [1.82, 2.24) is 0 Å². The third kappa shape index (κ3) is 3.26. The largest absolute Gasteiger partial charge is 0.481 e. The van der Waals surface area contributed by atoms with E-state index in [4.69, 9.17) is 10.2 Å². The number of nitro groups is 1. The van der Waals surface area contributed by atoms with Crippen LogP contribution in [0.5, 0.6) is 0 Å². The van der Waals surface area contributed by atoms with Crippen LogP contribution in [0.2, 0.25) is 0 Å². The van der Waals surface area contributed by atoms with E-state index in [0.29, 0.717) is 5.56 Å². The quantitative estimate of drug-likeness (QED) is 0.448. The van der Waals surface area contributed by atoms with Crippen molar-refractivity contribution in [2.75, 3.05) is 0 Å². The molecule has 0 aliphatic rings. The molecule has 0 atom stereocenters. The zero-order valence-corrected chi connectivity index (χ0v) is 8.57. The van der Waals surface area contributed by atoms with Crippen LogP contribution >= 0.6 is 0 Å². The molecule has 7 heteroatoms. The van der Waals surface area contributed by atoms with Crippen LogP contribution < -0.4 is 0 Å². The number of aliphatic carboxylic acids is 2. The monoisotopic (exact) mass is 239 g/mol. The van der Waals surface area contributed by atoms with E-state index in [2.05, 4.69) is 0 Å². The topological polar surface area (TPSA) is 118 Å². The van der Waals surface area contributed by atoms with Gasteiger partial charge in [-0.05, 0) is 12.0 Å². The molecular weight excluding hydrogens is 230 g/mol. The smallest absolute Gasteiger partial charge is 0.318 e. The van der Waals surface area contributed by atoms with Gasteiger partial charge in [0.15, 0.2) is 5.92 Å². The van der Waals surface area contributed by atoms with Crippen LogP contribution in [0.25, 0.3) is 0 Å². The minimum atomic E-state index is -1.60. The highest BCUT2D eigenvalue weighted by molar-refractivity contribution is 5.93. The molecule has 17 heavy (non-hydrogen) atoms. The molecule has 0 aromatic heterocycles. The van der Waals surface area contributed by atoms with Crippen LogP contribution in [-0.4, -0.2) is 27.1 Å². The SMILES string of the molecule is O=C(O)C(Cc1cccc([N+](=O)[O-])c1)C(=O)O. The summed E-state index contributed by atoms with van der Waals surface area (Å²) in [5.41, 5.74) is 0.103. The molecule has 1 aromatic rings. The van der Waals surface area contributed by atoms with Gasteiger partial charge in [0.1, 0.15) is 0 Å². The summed E-state index contributed by atoms with van der Waals surface area (Å²) in [7, 11) is 0. The van der Waals surface area contributed by atoms with Gasteiger partial charge in [-0.1, -0.05) is 12.1 Å². The normalized spacial score (nSPS) is 10.2. The van der Waals surface area contributed by atoms with Gasteiger partial charge in [0.25, 0.3) is 5.69 Å². The predicted octanol–water partition coefficient (Wildman–Crippen LogP) is 0.923. The summed E-state index contributed by atoms with van der Waals surface area (Å²) < 4.78 is 0. The number of non-ortho nitro benzene ring substituents is 1. The molecule has 0 saturated carbocycles. The van der Waals surface area contributed by atoms with Gasteiger partial charge in [0, 0.05) is 12.1 Å². The molecule has 0 radical (unpaired) electrons. The molecular formula is C10H9NO6. The van der Waals surface area contributed by atoms with Gasteiger partial charge in [-0.2, -0.15) is 0 Å². The predicted molar refractivity (Wildman–Crippen MR) is 55.6 cm³/mol. The van der Waals surface area contributed by atoms with E-state index in [1.165, 1.54) is 24.3 Å². The van der Waals surface area contributed by atoms with Crippen LogP contribution in [0.15, 0.2) is 24.3 Å². The molecule has 0 saturated heterocycles. The second-order valence-corrected chi connectivity index (χ2v) is 3.36. The highest BCUT2D eigenvalue weighted by Gasteiger charge is 2.26. The molecule has 0 spiro atoms. The highest BCUT2D eigenvalue weighted by Crippen LogP contribution is 2.16. The molecule has 0 heterocycles. The fraction of sp³-hybridized carbons (Fsp3) is 0.200. The Hall–Kier alpha value is -2.44. The molecule has 2 N–H and O–H groups in total. The van der Waals surface area contributed by atoms with Gasteiger partial charge in [-0.3, -0.25) is 19.7 Å². The number of nitro benzene ring substituents is 1. The zero-order chi connectivity index (χ0) is 13.0. The first-order chi connectivity index (χ1) is 7.91. The van der Waals surface area contributed by atoms with Crippen LogP contribution in [0.3, 0.4) is 0 Å². The Morgan fingerprint density at radius 1 is 1.29 bits per heavy atom. The van der Waals surface area contributed by atoms with Crippen LogP contribution in [-0.2, 0) is 16.0 Å². The van der Waals surface area contributed by atoms with Crippen molar-refractivity contribution in [1.29, 1.82) is 0 Å². The van der Waals surface area contributed by atoms with Crippen LogP contribution in [0.4, 0.5) is 5.69 Å². The Bertz CT molecular complexity index is 456. The number of carboxylic acids is 2. The van der Waals surface area contributed by atoms with E-state index in [1.807, 2.05) is 0 Å². The Morgan fingerprint density at radius 2 is 1.88 bits per heavy atom. The summed E-state index contributed by atoms with van der Waals surface area (Å²) in [6.45, 7) is 0. The molecule has 7 nitrogen and oxygen atoms in total. The van der Waals surface area contributed by atoms with Gasteiger partial charge in [-0.25, -0.2) is 0 Å². The van der Waals surface area contributed by atoms with Gasteiger partial charge < -0.3 is 10.2 Å². The zero-order valence-electron chi connectivity index (χ0n) is 8.57. The summed E-state index contributed by atoms with van der Waals surface area (Å²) in [6.07, 6.45) is -0.285. The van der Waals surface area contributed by atoms with Gasteiger partial charge in [-0.15, -0.1) is 0 Å². The third-order valence-corrected chi connectivity index (χ3v) is 2.16. The molecule has 1 rings (SSSR count). The number of nitrogens with zero attached hydrogens (tertiary/aromatic N) is 1. The fourth-order valence-electron chi connectivity index (χ4n) is 1.31. The standard InChI is InChI=1S/C10H9NO6/c12-9(13)8(10(14)15)5-6-2-1-3-7(4-6)11(16)17/h1-4,8H,5H2,(H,12,13)(H,14,15). The maximum absolute atomic E-state index is 10.6. The van der Waals surface area contributed by atoms with Crippen molar-refractivity contribution < 1.29 is 24.7 Å². The molecule has 0 bridgehead atoms. The van der Waals surface area contributed by atoms with E-state index in [9.17, 15) is 19.7 Å². The summed E-state index contributed by atoms with van der Waals surface area (Å²) in [4.78, 5) is 31.2. The Morgan fingerprint density at radius 3 is 2.35 bits per heavy atom. The van der Waals surface area contributed by atoms with E-state index in [0.717, 1.165) is 0 Å². The van der Waals surface area contributed by atoms with Crippen LogP contribution in [0.1, 0.15) is 5.56 Å². The van der Waals surface area contributed by atoms with Gasteiger partial charge in [0.2, 0.25) is 0 Å². The second kappa shape index (κ2) is 5.06. The fourth-order valence-corrected chi connectivity index (χ4v) is 1.31. The molecule has 0 aliphatic carbocycles. The Kier molecular flexibility index (Phi) is 3.76. The number of hydrogen-bond acceptors (Lipinski definition) is 4. The maximum Gasteiger partial charge on any atom is 0.318 e. The lowest BCUT2D eigenvalue weighted by Crippen LogP contribution is -2.25. The highest BCUT2D eigenvalue weighted by atomic mass is 16.6. The van der Waals surface area contributed by atoms with E-state index >= 15 is 0 Å².